The number of rotatable bonds is 6. The summed E-state index contributed by atoms with van der Waals surface area (Å²) in [7, 11) is 1.62. The number of hydrogen-bond acceptors (Lipinski definition) is 4. The fraction of sp³-hybridized carbons (Fsp3) is 0.227. The fourth-order valence-corrected chi connectivity index (χ4v) is 3.54. The lowest BCUT2D eigenvalue weighted by Crippen LogP contribution is -2.32. The van der Waals surface area contributed by atoms with Crippen LogP contribution in [-0.4, -0.2) is 35.2 Å². The standard InChI is InChI=1S/C22H21ClN4O3/c1-30-20-8-6-19(7-9-20)27-11-10-17(25-27)13-24-22(29)15-12-21(28)26(14-15)18-4-2-16(23)3-5-18/h2-11,15H,12-14H2,1H3,(H,24,29). The highest BCUT2D eigenvalue weighted by molar-refractivity contribution is 6.30. The van der Waals surface area contributed by atoms with Gasteiger partial charge in [0.15, 0.2) is 0 Å². The smallest absolute Gasteiger partial charge is 0.227 e. The first-order valence-electron chi connectivity index (χ1n) is 9.56. The van der Waals surface area contributed by atoms with Crippen LogP contribution in [-0.2, 0) is 16.1 Å². The highest BCUT2D eigenvalue weighted by Crippen LogP contribution is 2.26. The lowest BCUT2D eigenvalue weighted by Gasteiger charge is -2.16. The van der Waals surface area contributed by atoms with Gasteiger partial charge in [0.25, 0.3) is 0 Å². The van der Waals surface area contributed by atoms with Crippen molar-refractivity contribution < 1.29 is 14.3 Å². The highest BCUT2D eigenvalue weighted by atomic mass is 35.5. The van der Waals surface area contributed by atoms with E-state index in [4.69, 9.17) is 16.3 Å². The normalized spacial score (nSPS) is 16.0. The molecule has 1 fully saturated rings. The Hall–Kier alpha value is -3.32. The topological polar surface area (TPSA) is 76.5 Å². The zero-order valence-corrected chi connectivity index (χ0v) is 17.2. The Morgan fingerprint density at radius 2 is 1.83 bits per heavy atom. The number of amides is 2. The zero-order chi connectivity index (χ0) is 21.1. The SMILES string of the molecule is COc1ccc(-n2ccc(CNC(=O)C3CC(=O)N(c4ccc(Cl)cc4)C3)n2)cc1. The minimum absolute atomic E-state index is 0.0683. The van der Waals surface area contributed by atoms with E-state index >= 15 is 0 Å². The number of nitrogens with zero attached hydrogens (tertiary/aromatic N) is 3. The van der Waals surface area contributed by atoms with Crippen molar-refractivity contribution in [2.75, 3.05) is 18.6 Å². The van der Waals surface area contributed by atoms with E-state index in [0.29, 0.717) is 18.1 Å². The Kier molecular flexibility index (Phi) is 5.72. The molecule has 8 heteroatoms. The van der Waals surface area contributed by atoms with Crippen molar-refractivity contribution in [3.63, 3.8) is 0 Å². The van der Waals surface area contributed by atoms with Gasteiger partial charge in [0, 0.05) is 29.9 Å². The van der Waals surface area contributed by atoms with Crippen LogP contribution in [0, 0.1) is 5.92 Å². The minimum atomic E-state index is -0.392. The van der Waals surface area contributed by atoms with Crippen LogP contribution in [0.3, 0.4) is 0 Å². The summed E-state index contributed by atoms with van der Waals surface area (Å²) < 4.78 is 6.90. The molecule has 154 valence electrons. The molecule has 0 aliphatic carbocycles. The van der Waals surface area contributed by atoms with E-state index in [9.17, 15) is 9.59 Å². The summed E-state index contributed by atoms with van der Waals surface area (Å²) in [6.45, 7) is 0.653. The van der Waals surface area contributed by atoms with Crippen molar-refractivity contribution in [1.82, 2.24) is 15.1 Å². The molecule has 1 N–H and O–H groups in total. The maximum atomic E-state index is 12.6. The first-order chi connectivity index (χ1) is 14.5. The van der Waals surface area contributed by atoms with Crippen LogP contribution in [0.15, 0.2) is 60.8 Å². The van der Waals surface area contributed by atoms with Crippen molar-refractivity contribution in [3.8, 4) is 11.4 Å². The van der Waals surface area contributed by atoms with Gasteiger partial charge in [-0.2, -0.15) is 5.10 Å². The molecule has 0 bridgehead atoms. The summed E-state index contributed by atoms with van der Waals surface area (Å²) in [5.41, 5.74) is 2.38. The third kappa shape index (κ3) is 4.31. The van der Waals surface area contributed by atoms with Gasteiger partial charge in [0.1, 0.15) is 5.75 Å². The zero-order valence-electron chi connectivity index (χ0n) is 16.4. The number of hydrogen-bond donors (Lipinski definition) is 1. The molecule has 0 saturated carbocycles. The molecule has 7 nitrogen and oxygen atoms in total. The number of anilines is 1. The van der Waals surface area contributed by atoms with Gasteiger partial charge >= 0.3 is 0 Å². The van der Waals surface area contributed by atoms with E-state index in [1.807, 2.05) is 36.5 Å². The van der Waals surface area contributed by atoms with Gasteiger partial charge in [-0.1, -0.05) is 11.6 Å². The Labute approximate surface area is 179 Å². The first-order valence-corrected chi connectivity index (χ1v) is 9.94. The monoisotopic (exact) mass is 424 g/mol. The Bertz CT molecular complexity index is 1050. The number of ether oxygens (including phenoxy) is 1. The van der Waals surface area contributed by atoms with E-state index in [2.05, 4.69) is 10.4 Å². The van der Waals surface area contributed by atoms with Crippen LogP contribution >= 0.6 is 11.6 Å². The van der Waals surface area contributed by atoms with Crippen LogP contribution < -0.4 is 15.0 Å². The van der Waals surface area contributed by atoms with Gasteiger partial charge < -0.3 is 15.0 Å². The Balaban J connectivity index is 1.34. The number of aromatic nitrogens is 2. The average molecular weight is 425 g/mol. The van der Waals surface area contributed by atoms with Crippen LogP contribution in [0.5, 0.6) is 5.75 Å². The van der Waals surface area contributed by atoms with Gasteiger partial charge in [-0.25, -0.2) is 4.68 Å². The molecular formula is C22H21ClN4O3. The van der Waals surface area contributed by atoms with E-state index in [1.165, 1.54) is 0 Å². The maximum Gasteiger partial charge on any atom is 0.227 e. The molecule has 0 spiro atoms. The quantitative estimate of drug-likeness (QED) is 0.659. The Morgan fingerprint density at radius 3 is 2.53 bits per heavy atom. The van der Waals surface area contributed by atoms with E-state index in [-0.39, 0.29) is 18.2 Å². The summed E-state index contributed by atoms with van der Waals surface area (Å²) >= 11 is 5.91. The lowest BCUT2D eigenvalue weighted by molar-refractivity contribution is -0.126. The molecule has 30 heavy (non-hydrogen) atoms. The van der Waals surface area contributed by atoms with Crippen molar-refractivity contribution >= 4 is 29.1 Å². The first kappa shape index (κ1) is 20.0. The van der Waals surface area contributed by atoms with Gasteiger partial charge in [0.2, 0.25) is 11.8 Å². The maximum absolute atomic E-state index is 12.6. The van der Waals surface area contributed by atoms with Crippen LogP contribution in [0.1, 0.15) is 12.1 Å². The van der Waals surface area contributed by atoms with E-state index in [1.54, 1.807) is 41.0 Å². The largest absolute Gasteiger partial charge is 0.497 e. The number of halogens is 1. The Morgan fingerprint density at radius 1 is 1.13 bits per heavy atom. The molecule has 2 aromatic carbocycles. The summed E-state index contributed by atoms with van der Waals surface area (Å²) in [6.07, 6.45) is 2.03. The molecule has 0 radical (unpaired) electrons. The van der Waals surface area contributed by atoms with Gasteiger partial charge in [-0.3, -0.25) is 9.59 Å². The predicted molar refractivity (Wildman–Crippen MR) is 114 cm³/mol. The molecule has 1 atom stereocenters. The lowest BCUT2D eigenvalue weighted by atomic mass is 10.1. The number of carbonyl (C=O) groups excluding carboxylic acids is 2. The summed E-state index contributed by atoms with van der Waals surface area (Å²) in [4.78, 5) is 26.5. The number of benzene rings is 2. The van der Waals surface area contributed by atoms with Gasteiger partial charge in [-0.05, 0) is 54.6 Å². The molecule has 2 heterocycles. The van der Waals surface area contributed by atoms with Crippen molar-refractivity contribution in [2.45, 2.75) is 13.0 Å². The number of methoxy groups -OCH3 is 1. The molecule has 1 unspecified atom stereocenters. The van der Waals surface area contributed by atoms with Gasteiger partial charge in [-0.15, -0.1) is 0 Å². The molecule has 4 rings (SSSR count). The average Bonchev–Trinajstić information content (AvgIpc) is 3.40. The second-order valence-corrected chi connectivity index (χ2v) is 7.49. The molecule has 1 aromatic heterocycles. The molecule has 1 saturated heterocycles. The molecule has 3 aromatic rings. The van der Waals surface area contributed by atoms with Crippen LogP contribution in [0.25, 0.3) is 5.69 Å². The van der Waals surface area contributed by atoms with Crippen LogP contribution in [0.2, 0.25) is 5.02 Å². The second-order valence-electron chi connectivity index (χ2n) is 7.05. The van der Waals surface area contributed by atoms with Crippen molar-refractivity contribution in [1.29, 1.82) is 0 Å². The molecule has 1 aliphatic heterocycles. The third-order valence-electron chi connectivity index (χ3n) is 5.06. The number of nitrogens with one attached hydrogen (secondary N) is 1. The molecule has 1 aliphatic rings. The summed E-state index contributed by atoms with van der Waals surface area (Å²) in [6, 6.07) is 16.4. The highest BCUT2D eigenvalue weighted by Gasteiger charge is 2.35. The number of carbonyl (C=O) groups is 2. The second kappa shape index (κ2) is 8.59. The third-order valence-corrected chi connectivity index (χ3v) is 5.31. The van der Waals surface area contributed by atoms with Crippen molar-refractivity contribution in [2.24, 2.45) is 5.92 Å². The summed E-state index contributed by atoms with van der Waals surface area (Å²) in [5, 5.41) is 7.99. The van der Waals surface area contributed by atoms with E-state index in [0.717, 1.165) is 22.8 Å². The molecule has 2 amide bonds. The van der Waals surface area contributed by atoms with Crippen LogP contribution in [0.4, 0.5) is 5.69 Å². The minimum Gasteiger partial charge on any atom is -0.497 e. The fourth-order valence-electron chi connectivity index (χ4n) is 3.41. The molecular weight excluding hydrogens is 404 g/mol. The predicted octanol–water partition coefficient (Wildman–Crippen LogP) is 3.20. The van der Waals surface area contributed by atoms with Crippen molar-refractivity contribution in [3.05, 3.63) is 71.5 Å². The van der Waals surface area contributed by atoms with Gasteiger partial charge in [0.05, 0.1) is 31.0 Å². The summed E-state index contributed by atoms with van der Waals surface area (Å²) in [5.74, 6) is 0.161. The van der Waals surface area contributed by atoms with E-state index < -0.39 is 5.92 Å².